The van der Waals surface area contributed by atoms with E-state index in [4.69, 9.17) is 10.5 Å². The second kappa shape index (κ2) is 8.19. The van der Waals surface area contributed by atoms with Gasteiger partial charge in [0.1, 0.15) is 0 Å². The molecule has 0 atom stereocenters. The number of benzene rings is 1. The number of rotatable bonds is 6. The molecule has 0 fully saturated rings. The van der Waals surface area contributed by atoms with Gasteiger partial charge in [-0.05, 0) is 30.5 Å². The van der Waals surface area contributed by atoms with Gasteiger partial charge in [0.15, 0.2) is 5.96 Å². The van der Waals surface area contributed by atoms with Crippen LogP contribution in [0.2, 0.25) is 0 Å². The highest BCUT2D eigenvalue weighted by Gasteiger charge is 2.05. The van der Waals surface area contributed by atoms with Crippen molar-refractivity contribution >= 4 is 11.9 Å². The van der Waals surface area contributed by atoms with Crippen molar-refractivity contribution in [2.45, 2.75) is 27.3 Å². The number of nitrogens with zero attached hydrogens (tertiary/aromatic N) is 1. The fourth-order valence-electron chi connectivity index (χ4n) is 1.50. The number of carbonyl (C=O) groups is 1. The van der Waals surface area contributed by atoms with E-state index >= 15 is 0 Å². The maximum Gasteiger partial charge on any atom is 0.338 e. The van der Waals surface area contributed by atoms with E-state index < -0.39 is 0 Å². The summed E-state index contributed by atoms with van der Waals surface area (Å²) in [4.78, 5) is 15.7. The van der Waals surface area contributed by atoms with Gasteiger partial charge < -0.3 is 15.8 Å². The molecule has 0 aliphatic heterocycles. The van der Waals surface area contributed by atoms with Crippen molar-refractivity contribution in [2.24, 2.45) is 16.6 Å². The number of guanidine groups is 1. The standard InChI is InChI=1S/C15H23N3O2/c1-4-20-14(19)13-7-5-12(6-8-13)10-18-15(16)17-9-11(2)3/h5-8,11H,4,9-10H2,1-3H3,(H3,16,17,18). The summed E-state index contributed by atoms with van der Waals surface area (Å²) >= 11 is 0. The highest BCUT2D eigenvalue weighted by atomic mass is 16.5. The minimum Gasteiger partial charge on any atom is -0.462 e. The van der Waals surface area contributed by atoms with E-state index in [1.165, 1.54) is 0 Å². The minimum absolute atomic E-state index is 0.305. The molecule has 0 aliphatic carbocycles. The van der Waals surface area contributed by atoms with Crippen LogP contribution in [0.15, 0.2) is 29.3 Å². The molecule has 20 heavy (non-hydrogen) atoms. The van der Waals surface area contributed by atoms with Gasteiger partial charge in [-0.3, -0.25) is 0 Å². The molecule has 0 aromatic heterocycles. The molecular weight excluding hydrogens is 254 g/mol. The van der Waals surface area contributed by atoms with Crippen molar-refractivity contribution in [1.29, 1.82) is 0 Å². The molecule has 0 bridgehead atoms. The molecule has 0 spiro atoms. The van der Waals surface area contributed by atoms with Crippen LogP contribution in [0.5, 0.6) is 0 Å². The zero-order valence-corrected chi connectivity index (χ0v) is 12.3. The fourth-order valence-corrected chi connectivity index (χ4v) is 1.50. The van der Waals surface area contributed by atoms with Gasteiger partial charge >= 0.3 is 5.97 Å². The molecule has 0 saturated carbocycles. The highest BCUT2D eigenvalue weighted by Crippen LogP contribution is 2.07. The lowest BCUT2D eigenvalue weighted by molar-refractivity contribution is 0.0526. The second-order valence-electron chi connectivity index (χ2n) is 4.89. The Bertz CT molecular complexity index is 453. The van der Waals surface area contributed by atoms with Gasteiger partial charge in [0.05, 0.1) is 18.7 Å². The average Bonchev–Trinajstić information content (AvgIpc) is 2.43. The van der Waals surface area contributed by atoms with Gasteiger partial charge in [-0.25, -0.2) is 9.79 Å². The maximum atomic E-state index is 11.5. The lowest BCUT2D eigenvalue weighted by atomic mass is 10.1. The van der Waals surface area contributed by atoms with Gasteiger partial charge in [0.25, 0.3) is 0 Å². The SMILES string of the molecule is CCOC(=O)c1ccc(CN=C(N)NCC(C)C)cc1. The van der Waals surface area contributed by atoms with E-state index in [9.17, 15) is 4.79 Å². The molecule has 0 amide bonds. The van der Waals surface area contributed by atoms with Crippen LogP contribution in [-0.2, 0) is 11.3 Å². The maximum absolute atomic E-state index is 11.5. The first-order valence-corrected chi connectivity index (χ1v) is 6.82. The Morgan fingerprint density at radius 2 is 2.00 bits per heavy atom. The predicted octanol–water partition coefficient (Wildman–Crippen LogP) is 1.92. The molecule has 110 valence electrons. The Labute approximate surface area is 120 Å². The van der Waals surface area contributed by atoms with E-state index in [0.29, 0.717) is 30.6 Å². The average molecular weight is 277 g/mol. The minimum atomic E-state index is -0.305. The third-order valence-corrected chi connectivity index (χ3v) is 2.59. The summed E-state index contributed by atoms with van der Waals surface area (Å²) in [7, 11) is 0. The van der Waals surface area contributed by atoms with Gasteiger partial charge in [0, 0.05) is 6.54 Å². The first-order valence-electron chi connectivity index (χ1n) is 6.82. The summed E-state index contributed by atoms with van der Waals surface area (Å²) in [5, 5.41) is 3.05. The summed E-state index contributed by atoms with van der Waals surface area (Å²) in [6.45, 7) is 7.66. The first-order chi connectivity index (χ1) is 9.52. The number of esters is 1. The predicted molar refractivity (Wildman–Crippen MR) is 80.6 cm³/mol. The van der Waals surface area contributed by atoms with Crippen molar-refractivity contribution in [3.63, 3.8) is 0 Å². The van der Waals surface area contributed by atoms with Crippen molar-refractivity contribution in [3.8, 4) is 0 Å². The normalized spacial score (nSPS) is 11.5. The Morgan fingerprint density at radius 1 is 1.35 bits per heavy atom. The van der Waals surface area contributed by atoms with Crippen LogP contribution in [-0.4, -0.2) is 25.1 Å². The van der Waals surface area contributed by atoms with E-state index in [-0.39, 0.29) is 5.97 Å². The molecular formula is C15H23N3O2. The van der Waals surface area contributed by atoms with Crippen LogP contribution in [0, 0.1) is 5.92 Å². The number of hydrogen-bond donors (Lipinski definition) is 2. The number of nitrogens with two attached hydrogens (primary N) is 1. The molecule has 0 radical (unpaired) electrons. The van der Waals surface area contributed by atoms with Crippen molar-refractivity contribution in [2.75, 3.05) is 13.2 Å². The topological polar surface area (TPSA) is 76.7 Å². The monoisotopic (exact) mass is 277 g/mol. The molecule has 1 aromatic carbocycles. The van der Waals surface area contributed by atoms with Crippen LogP contribution in [0.3, 0.4) is 0 Å². The summed E-state index contributed by atoms with van der Waals surface area (Å²) in [6, 6.07) is 7.18. The molecule has 0 heterocycles. The quantitative estimate of drug-likeness (QED) is 0.473. The summed E-state index contributed by atoms with van der Waals surface area (Å²) in [5.74, 6) is 0.654. The van der Waals surface area contributed by atoms with E-state index in [1.807, 2.05) is 12.1 Å². The summed E-state index contributed by atoms with van der Waals surface area (Å²) < 4.78 is 4.92. The summed E-state index contributed by atoms with van der Waals surface area (Å²) in [5.41, 5.74) is 7.29. The van der Waals surface area contributed by atoms with Gasteiger partial charge in [-0.15, -0.1) is 0 Å². The molecule has 3 N–H and O–H groups in total. The molecule has 0 aliphatic rings. The molecule has 5 heteroatoms. The smallest absolute Gasteiger partial charge is 0.338 e. The number of nitrogens with one attached hydrogen (secondary N) is 1. The molecule has 1 aromatic rings. The number of ether oxygens (including phenoxy) is 1. The molecule has 1 rings (SSSR count). The van der Waals surface area contributed by atoms with E-state index in [1.54, 1.807) is 19.1 Å². The fraction of sp³-hybridized carbons (Fsp3) is 0.467. The molecule has 5 nitrogen and oxygen atoms in total. The Kier molecular flexibility index (Phi) is 6.56. The van der Waals surface area contributed by atoms with Crippen LogP contribution in [0.1, 0.15) is 36.7 Å². The van der Waals surface area contributed by atoms with Gasteiger partial charge in [0.2, 0.25) is 0 Å². The Morgan fingerprint density at radius 3 is 2.55 bits per heavy atom. The van der Waals surface area contributed by atoms with Crippen LogP contribution < -0.4 is 11.1 Å². The lowest BCUT2D eigenvalue weighted by Gasteiger charge is -2.08. The van der Waals surface area contributed by atoms with Crippen molar-refractivity contribution in [1.82, 2.24) is 5.32 Å². The molecule has 0 unspecified atom stereocenters. The molecule has 0 saturated heterocycles. The largest absolute Gasteiger partial charge is 0.462 e. The zero-order valence-electron chi connectivity index (χ0n) is 12.3. The van der Waals surface area contributed by atoms with Crippen LogP contribution >= 0.6 is 0 Å². The number of hydrogen-bond acceptors (Lipinski definition) is 3. The Balaban J connectivity index is 2.53. The van der Waals surface area contributed by atoms with E-state index in [2.05, 4.69) is 24.2 Å². The van der Waals surface area contributed by atoms with Crippen molar-refractivity contribution < 1.29 is 9.53 Å². The number of carbonyl (C=O) groups excluding carboxylic acids is 1. The Hall–Kier alpha value is -2.04. The summed E-state index contributed by atoms with van der Waals surface area (Å²) in [6.07, 6.45) is 0. The second-order valence-corrected chi connectivity index (χ2v) is 4.89. The van der Waals surface area contributed by atoms with Gasteiger partial charge in [-0.1, -0.05) is 26.0 Å². The van der Waals surface area contributed by atoms with Crippen molar-refractivity contribution in [3.05, 3.63) is 35.4 Å². The van der Waals surface area contributed by atoms with Crippen LogP contribution in [0.25, 0.3) is 0 Å². The third kappa shape index (κ3) is 5.73. The number of aliphatic imine (C=N–C) groups is 1. The zero-order chi connectivity index (χ0) is 15.0. The highest BCUT2D eigenvalue weighted by molar-refractivity contribution is 5.89. The lowest BCUT2D eigenvalue weighted by Crippen LogP contribution is -2.34. The van der Waals surface area contributed by atoms with E-state index in [0.717, 1.165) is 12.1 Å². The van der Waals surface area contributed by atoms with Gasteiger partial charge in [-0.2, -0.15) is 0 Å². The first kappa shape index (κ1) is 16.0. The third-order valence-electron chi connectivity index (χ3n) is 2.59. The van der Waals surface area contributed by atoms with Crippen LogP contribution in [0.4, 0.5) is 0 Å².